The molecular weight excluding hydrogens is 382 g/mol. The van der Waals surface area contributed by atoms with Gasteiger partial charge in [-0.05, 0) is 31.9 Å². The van der Waals surface area contributed by atoms with E-state index >= 15 is 0 Å². The van der Waals surface area contributed by atoms with Crippen LogP contribution in [0, 0.1) is 0 Å². The molecule has 0 radical (unpaired) electrons. The number of ether oxygens (including phenoxy) is 1. The largest absolute Gasteiger partial charge is 0.453 e. The first-order chi connectivity index (χ1) is 13.6. The summed E-state index contributed by atoms with van der Waals surface area (Å²) >= 11 is 0. The van der Waals surface area contributed by atoms with Crippen molar-refractivity contribution in [3.8, 4) is 0 Å². The third-order valence-corrected chi connectivity index (χ3v) is 5.19. The van der Waals surface area contributed by atoms with Crippen LogP contribution in [0.1, 0.15) is 116 Å². The SMILES string of the molecule is C=C(C)C(=O)OC(CCCCCCCCCCCCCCC)c1ccccn1.Cl. The zero-order chi connectivity index (χ0) is 20.5. The lowest BCUT2D eigenvalue weighted by Crippen LogP contribution is -2.13. The molecule has 0 aliphatic rings. The van der Waals surface area contributed by atoms with Gasteiger partial charge in [0, 0.05) is 11.8 Å². The van der Waals surface area contributed by atoms with Crippen LogP contribution < -0.4 is 0 Å². The minimum Gasteiger partial charge on any atom is -0.453 e. The number of esters is 1. The Bertz CT molecular complexity index is 533. The van der Waals surface area contributed by atoms with Gasteiger partial charge in [0.25, 0.3) is 0 Å². The molecule has 0 aliphatic heterocycles. The maximum absolute atomic E-state index is 11.9. The quantitative estimate of drug-likeness (QED) is 0.144. The van der Waals surface area contributed by atoms with E-state index in [0.29, 0.717) is 5.57 Å². The lowest BCUT2D eigenvalue weighted by molar-refractivity contribution is -0.145. The van der Waals surface area contributed by atoms with Crippen molar-refractivity contribution in [2.24, 2.45) is 0 Å². The molecule has 0 bridgehead atoms. The highest BCUT2D eigenvalue weighted by atomic mass is 35.5. The molecule has 0 N–H and O–H groups in total. The number of carbonyl (C=O) groups excluding carboxylic acids is 1. The first-order valence-electron chi connectivity index (χ1n) is 11.4. The molecule has 1 aromatic heterocycles. The molecule has 1 rings (SSSR count). The zero-order valence-electron chi connectivity index (χ0n) is 18.7. The van der Waals surface area contributed by atoms with Gasteiger partial charge >= 0.3 is 5.97 Å². The fourth-order valence-electron chi connectivity index (χ4n) is 3.41. The average Bonchev–Trinajstić information content (AvgIpc) is 2.71. The van der Waals surface area contributed by atoms with E-state index in [-0.39, 0.29) is 24.5 Å². The van der Waals surface area contributed by atoms with Gasteiger partial charge in [0.1, 0.15) is 6.10 Å². The molecule has 0 fully saturated rings. The molecular formula is C25H42ClNO2. The van der Waals surface area contributed by atoms with Gasteiger partial charge in [0.15, 0.2) is 0 Å². The van der Waals surface area contributed by atoms with Crippen LogP contribution in [0.2, 0.25) is 0 Å². The second-order valence-corrected chi connectivity index (χ2v) is 7.96. The summed E-state index contributed by atoms with van der Waals surface area (Å²) in [4.78, 5) is 16.3. The smallest absolute Gasteiger partial charge is 0.333 e. The number of carbonyl (C=O) groups is 1. The lowest BCUT2D eigenvalue weighted by Gasteiger charge is -2.17. The molecule has 166 valence electrons. The van der Waals surface area contributed by atoms with E-state index in [1.807, 2.05) is 18.2 Å². The summed E-state index contributed by atoms with van der Waals surface area (Å²) in [6, 6.07) is 5.75. The van der Waals surface area contributed by atoms with Crippen molar-refractivity contribution in [1.82, 2.24) is 4.98 Å². The van der Waals surface area contributed by atoms with Gasteiger partial charge in [0.05, 0.1) is 5.69 Å². The predicted octanol–water partition coefficient (Wildman–Crippen LogP) is 8.15. The van der Waals surface area contributed by atoms with Crippen molar-refractivity contribution >= 4 is 18.4 Å². The van der Waals surface area contributed by atoms with E-state index in [0.717, 1.165) is 18.5 Å². The Morgan fingerprint density at radius 2 is 1.45 bits per heavy atom. The number of pyridine rings is 1. The molecule has 0 saturated carbocycles. The fraction of sp³-hybridized carbons (Fsp3) is 0.680. The molecule has 0 spiro atoms. The third-order valence-electron chi connectivity index (χ3n) is 5.19. The number of aromatic nitrogens is 1. The highest BCUT2D eigenvalue weighted by molar-refractivity contribution is 5.87. The van der Waals surface area contributed by atoms with Crippen LogP contribution in [0.3, 0.4) is 0 Å². The van der Waals surface area contributed by atoms with Crippen molar-refractivity contribution < 1.29 is 9.53 Å². The highest BCUT2D eigenvalue weighted by Crippen LogP contribution is 2.24. The Kier molecular flexibility index (Phi) is 17.8. The van der Waals surface area contributed by atoms with Crippen LogP contribution in [0.15, 0.2) is 36.5 Å². The Labute approximate surface area is 185 Å². The first-order valence-corrected chi connectivity index (χ1v) is 11.4. The molecule has 0 aliphatic carbocycles. The fourth-order valence-corrected chi connectivity index (χ4v) is 3.41. The van der Waals surface area contributed by atoms with Crippen LogP contribution in [0.5, 0.6) is 0 Å². The molecule has 3 nitrogen and oxygen atoms in total. The van der Waals surface area contributed by atoms with Gasteiger partial charge in [-0.3, -0.25) is 4.98 Å². The molecule has 0 saturated heterocycles. The van der Waals surface area contributed by atoms with E-state index in [4.69, 9.17) is 4.74 Å². The first kappa shape index (κ1) is 27.6. The lowest BCUT2D eigenvalue weighted by atomic mass is 10.0. The van der Waals surface area contributed by atoms with Crippen LogP contribution in [0.25, 0.3) is 0 Å². The molecule has 1 aromatic rings. The summed E-state index contributed by atoms with van der Waals surface area (Å²) in [6.07, 6.45) is 19.6. The zero-order valence-corrected chi connectivity index (χ0v) is 19.5. The van der Waals surface area contributed by atoms with E-state index in [2.05, 4.69) is 18.5 Å². The second kappa shape index (κ2) is 18.7. The molecule has 4 heteroatoms. The van der Waals surface area contributed by atoms with Crippen molar-refractivity contribution in [3.05, 3.63) is 42.2 Å². The van der Waals surface area contributed by atoms with Crippen LogP contribution in [-0.2, 0) is 9.53 Å². The van der Waals surface area contributed by atoms with E-state index in [9.17, 15) is 4.79 Å². The third kappa shape index (κ3) is 14.3. The topological polar surface area (TPSA) is 39.2 Å². The molecule has 1 heterocycles. The van der Waals surface area contributed by atoms with Crippen molar-refractivity contribution in [1.29, 1.82) is 0 Å². The number of hydrogen-bond acceptors (Lipinski definition) is 3. The molecule has 0 aromatic carbocycles. The highest BCUT2D eigenvalue weighted by Gasteiger charge is 2.17. The Morgan fingerprint density at radius 3 is 1.90 bits per heavy atom. The van der Waals surface area contributed by atoms with Crippen molar-refractivity contribution in [2.45, 2.75) is 110 Å². The average molecular weight is 424 g/mol. The number of halogens is 1. The van der Waals surface area contributed by atoms with Crippen LogP contribution in [0.4, 0.5) is 0 Å². The van der Waals surface area contributed by atoms with Gasteiger partial charge in [-0.2, -0.15) is 0 Å². The van der Waals surface area contributed by atoms with Gasteiger partial charge < -0.3 is 4.74 Å². The maximum atomic E-state index is 11.9. The van der Waals surface area contributed by atoms with Gasteiger partial charge in [-0.1, -0.05) is 96.6 Å². The van der Waals surface area contributed by atoms with Gasteiger partial charge in [0.2, 0.25) is 0 Å². The van der Waals surface area contributed by atoms with E-state index < -0.39 is 0 Å². The molecule has 0 amide bonds. The minimum absolute atomic E-state index is 0. The van der Waals surface area contributed by atoms with Crippen LogP contribution >= 0.6 is 12.4 Å². The number of nitrogens with zero attached hydrogens (tertiary/aromatic N) is 1. The number of hydrogen-bond donors (Lipinski definition) is 0. The van der Waals surface area contributed by atoms with E-state index in [1.54, 1.807) is 13.1 Å². The van der Waals surface area contributed by atoms with E-state index in [1.165, 1.54) is 77.0 Å². The predicted molar refractivity (Wildman–Crippen MR) is 125 cm³/mol. The number of rotatable bonds is 17. The minimum atomic E-state index is -0.328. The monoisotopic (exact) mass is 423 g/mol. The second-order valence-electron chi connectivity index (χ2n) is 7.96. The Hall–Kier alpha value is -1.35. The van der Waals surface area contributed by atoms with Crippen molar-refractivity contribution in [3.63, 3.8) is 0 Å². The Balaban J connectivity index is 0.00000784. The Morgan fingerprint density at radius 1 is 0.931 bits per heavy atom. The normalized spacial score (nSPS) is 11.5. The summed E-state index contributed by atoms with van der Waals surface area (Å²) in [6.45, 7) is 7.63. The molecule has 1 unspecified atom stereocenters. The summed E-state index contributed by atoms with van der Waals surface area (Å²) < 4.78 is 5.60. The van der Waals surface area contributed by atoms with Gasteiger partial charge in [-0.25, -0.2) is 4.79 Å². The van der Waals surface area contributed by atoms with Crippen molar-refractivity contribution in [2.75, 3.05) is 0 Å². The summed E-state index contributed by atoms with van der Waals surface area (Å²) in [5.41, 5.74) is 1.27. The summed E-state index contributed by atoms with van der Waals surface area (Å²) in [5.74, 6) is -0.328. The summed E-state index contributed by atoms with van der Waals surface area (Å²) in [7, 11) is 0. The summed E-state index contributed by atoms with van der Waals surface area (Å²) in [5, 5.41) is 0. The molecule has 1 atom stereocenters. The van der Waals surface area contributed by atoms with Crippen LogP contribution in [-0.4, -0.2) is 11.0 Å². The standard InChI is InChI=1S/C25H41NO2.ClH/c1-4-5-6-7-8-9-10-11-12-13-14-15-16-20-24(28-25(27)22(2)3)23-19-17-18-21-26-23;/h17-19,21,24H,2,4-16,20H2,1,3H3;1H. The van der Waals surface area contributed by atoms with Gasteiger partial charge in [-0.15, -0.1) is 12.4 Å². The number of unbranched alkanes of at least 4 members (excludes halogenated alkanes) is 12. The maximum Gasteiger partial charge on any atom is 0.333 e. The molecule has 29 heavy (non-hydrogen) atoms.